The lowest BCUT2D eigenvalue weighted by Gasteiger charge is -2.16. The van der Waals surface area contributed by atoms with Gasteiger partial charge in [0.25, 0.3) is 0 Å². The quantitative estimate of drug-likeness (QED) is 0.302. The maximum atomic E-state index is 4.96. The molecule has 2 aromatic heterocycles. The average Bonchev–Trinajstić information content (AvgIpc) is 3.31. The Morgan fingerprint density at radius 3 is 2.59 bits per heavy atom. The summed E-state index contributed by atoms with van der Waals surface area (Å²) in [7, 11) is 2.21. The number of fused-ring (bicyclic) bond motifs is 6. The number of hydrogen-bond donors (Lipinski definition) is 0. The van der Waals surface area contributed by atoms with Crippen LogP contribution in [0.4, 0.5) is 0 Å². The first kappa shape index (κ1) is 19.2. The number of aryl methyl sites for hydroxylation is 2. The van der Waals surface area contributed by atoms with Crippen LogP contribution in [-0.4, -0.2) is 9.55 Å². The number of benzene rings is 3. The highest BCUT2D eigenvalue weighted by atomic mass is 15.1. The van der Waals surface area contributed by atoms with Crippen LogP contribution in [-0.2, 0) is 13.5 Å². The van der Waals surface area contributed by atoms with E-state index in [2.05, 4.69) is 105 Å². The van der Waals surface area contributed by atoms with E-state index in [4.69, 9.17) is 4.98 Å². The van der Waals surface area contributed by atoms with Crippen molar-refractivity contribution in [1.82, 2.24) is 9.55 Å². The van der Waals surface area contributed by atoms with Crippen molar-refractivity contribution in [2.24, 2.45) is 7.05 Å². The molecule has 3 heteroatoms. The summed E-state index contributed by atoms with van der Waals surface area (Å²) in [6.45, 7) is 9.03. The fraction of sp³-hybridized carbons (Fsp3) is 0.241. The summed E-state index contributed by atoms with van der Waals surface area (Å²) in [6.07, 6.45) is 0.866. The van der Waals surface area contributed by atoms with Gasteiger partial charge in [0, 0.05) is 23.9 Å². The van der Waals surface area contributed by atoms with Crippen molar-refractivity contribution >= 4 is 21.9 Å². The molecule has 0 amide bonds. The van der Waals surface area contributed by atoms with Gasteiger partial charge >= 0.3 is 0 Å². The van der Waals surface area contributed by atoms with Gasteiger partial charge in [-0.3, -0.25) is 4.57 Å². The Morgan fingerprint density at radius 1 is 0.969 bits per heavy atom. The molecule has 0 fully saturated rings. The molecule has 1 aliphatic heterocycles. The van der Waals surface area contributed by atoms with Crippen LogP contribution in [0.3, 0.4) is 0 Å². The number of aromatic nitrogens is 3. The van der Waals surface area contributed by atoms with E-state index in [0.29, 0.717) is 5.92 Å². The summed E-state index contributed by atoms with van der Waals surface area (Å²) >= 11 is 0. The fourth-order valence-electron chi connectivity index (χ4n) is 5.50. The summed E-state index contributed by atoms with van der Waals surface area (Å²) in [5.74, 6) is 1.64. The van der Waals surface area contributed by atoms with Crippen molar-refractivity contribution in [3.8, 4) is 16.9 Å². The van der Waals surface area contributed by atoms with Crippen LogP contribution in [0, 0.1) is 13.8 Å². The van der Waals surface area contributed by atoms with Gasteiger partial charge in [0.2, 0.25) is 11.2 Å². The van der Waals surface area contributed by atoms with Crippen molar-refractivity contribution in [3.63, 3.8) is 0 Å². The summed E-state index contributed by atoms with van der Waals surface area (Å²) in [5.41, 5.74) is 12.9. The maximum Gasteiger partial charge on any atom is 0.213 e. The molecular weight excluding hydrogens is 390 g/mol. The third kappa shape index (κ3) is 2.54. The molecule has 0 unspecified atom stereocenters. The van der Waals surface area contributed by atoms with Gasteiger partial charge in [0.05, 0.1) is 22.3 Å². The molecule has 6 rings (SSSR count). The SMILES string of the molecule is Cc1cc2c(c(-c3ccc4c(C(C)C)cccc4[n+]3C)c1C)Cc1nc3ccccc3n1-2. The first-order chi connectivity index (χ1) is 15.5. The van der Waals surface area contributed by atoms with Crippen LogP contribution in [0.2, 0.25) is 0 Å². The number of para-hydroxylation sites is 2. The molecule has 0 aliphatic carbocycles. The van der Waals surface area contributed by atoms with Crippen molar-refractivity contribution in [3.05, 3.63) is 88.7 Å². The van der Waals surface area contributed by atoms with Gasteiger partial charge in [-0.2, -0.15) is 4.57 Å². The molecule has 158 valence electrons. The molecule has 3 heterocycles. The Kier molecular flexibility index (Phi) is 4.07. The molecule has 5 aromatic rings. The second kappa shape index (κ2) is 6.77. The van der Waals surface area contributed by atoms with Gasteiger partial charge in [-0.05, 0) is 66.3 Å². The van der Waals surface area contributed by atoms with Gasteiger partial charge in [-0.25, -0.2) is 4.98 Å². The molecule has 0 N–H and O–H groups in total. The molecule has 3 nitrogen and oxygen atoms in total. The zero-order valence-corrected chi connectivity index (χ0v) is 19.4. The molecule has 0 atom stereocenters. The number of nitrogens with zero attached hydrogens (tertiary/aromatic N) is 3. The summed E-state index contributed by atoms with van der Waals surface area (Å²) in [5, 5.41) is 1.34. The lowest BCUT2D eigenvalue weighted by atomic mass is 9.91. The Morgan fingerprint density at radius 2 is 1.78 bits per heavy atom. The summed E-state index contributed by atoms with van der Waals surface area (Å²) in [6, 6.07) is 22.1. The Bertz CT molecular complexity index is 1550. The van der Waals surface area contributed by atoms with Gasteiger partial charge < -0.3 is 0 Å². The minimum absolute atomic E-state index is 0.500. The topological polar surface area (TPSA) is 21.7 Å². The zero-order chi connectivity index (χ0) is 22.1. The first-order valence-electron chi connectivity index (χ1n) is 11.5. The molecule has 0 bridgehead atoms. The van der Waals surface area contributed by atoms with Crippen LogP contribution < -0.4 is 4.57 Å². The first-order valence-corrected chi connectivity index (χ1v) is 11.5. The Labute approximate surface area is 189 Å². The smallest absolute Gasteiger partial charge is 0.213 e. The number of rotatable bonds is 2. The third-order valence-corrected chi connectivity index (χ3v) is 7.26. The minimum atomic E-state index is 0.500. The maximum absolute atomic E-state index is 4.96. The molecule has 0 spiro atoms. The molecule has 32 heavy (non-hydrogen) atoms. The summed E-state index contributed by atoms with van der Waals surface area (Å²) < 4.78 is 4.74. The van der Waals surface area contributed by atoms with E-state index >= 15 is 0 Å². The van der Waals surface area contributed by atoms with Crippen LogP contribution >= 0.6 is 0 Å². The highest BCUT2D eigenvalue weighted by molar-refractivity contribution is 5.85. The van der Waals surface area contributed by atoms with Crippen molar-refractivity contribution < 1.29 is 4.57 Å². The zero-order valence-electron chi connectivity index (χ0n) is 19.4. The van der Waals surface area contributed by atoms with Crippen molar-refractivity contribution in [2.45, 2.75) is 40.0 Å². The van der Waals surface area contributed by atoms with E-state index in [1.807, 2.05) is 0 Å². The van der Waals surface area contributed by atoms with Crippen molar-refractivity contribution in [2.75, 3.05) is 0 Å². The molecular formula is C29H28N3+. The van der Waals surface area contributed by atoms with Gasteiger partial charge in [0.15, 0.2) is 0 Å². The number of imidazole rings is 1. The lowest BCUT2D eigenvalue weighted by Crippen LogP contribution is -2.32. The van der Waals surface area contributed by atoms with Gasteiger partial charge in [0.1, 0.15) is 12.9 Å². The number of pyridine rings is 1. The summed E-state index contributed by atoms with van der Waals surface area (Å²) in [4.78, 5) is 4.96. The molecule has 3 aromatic carbocycles. The monoisotopic (exact) mass is 418 g/mol. The van der Waals surface area contributed by atoms with Crippen LogP contribution in [0.15, 0.2) is 60.7 Å². The highest BCUT2D eigenvalue weighted by Crippen LogP contribution is 2.40. The molecule has 0 saturated heterocycles. The van der Waals surface area contributed by atoms with Crippen LogP contribution in [0.1, 0.15) is 47.8 Å². The third-order valence-electron chi connectivity index (χ3n) is 7.26. The predicted octanol–water partition coefficient (Wildman–Crippen LogP) is 6.31. The highest BCUT2D eigenvalue weighted by Gasteiger charge is 2.30. The van der Waals surface area contributed by atoms with E-state index in [0.717, 1.165) is 17.8 Å². The van der Waals surface area contributed by atoms with Gasteiger partial charge in [-0.15, -0.1) is 0 Å². The largest absolute Gasteiger partial charge is 0.296 e. The van der Waals surface area contributed by atoms with E-state index in [9.17, 15) is 0 Å². The minimum Gasteiger partial charge on any atom is -0.296 e. The van der Waals surface area contributed by atoms with Gasteiger partial charge in [-0.1, -0.05) is 38.1 Å². The second-order valence-corrected chi connectivity index (χ2v) is 9.43. The van der Waals surface area contributed by atoms with E-state index in [-0.39, 0.29) is 0 Å². The molecule has 1 aliphatic rings. The molecule has 0 radical (unpaired) electrons. The Hall–Kier alpha value is -3.46. The standard InChI is InChI=1S/C29H28N3/c1-17(2)20-9-8-12-24-21(20)13-14-26(31(24)5)29-19(4)18(3)15-27-22(29)16-28-30-23-10-6-7-11-25(23)32(27)28/h6-15,17H,16H2,1-5H3/q+1. The van der Waals surface area contributed by atoms with Crippen molar-refractivity contribution in [1.29, 1.82) is 0 Å². The lowest BCUT2D eigenvalue weighted by molar-refractivity contribution is -0.633. The average molecular weight is 419 g/mol. The normalized spacial score (nSPS) is 12.7. The Balaban J connectivity index is 1.64. The molecule has 0 saturated carbocycles. The van der Waals surface area contributed by atoms with E-state index in [1.54, 1.807) is 0 Å². The van der Waals surface area contributed by atoms with Crippen LogP contribution in [0.5, 0.6) is 0 Å². The van der Waals surface area contributed by atoms with Crippen LogP contribution in [0.25, 0.3) is 38.9 Å². The number of hydrogen-bond acceptors (Lipinski definition) is 1. The predicted molar refractivity (Wildman–Crippen MR) is 132 cm³/mol. The fourth-order valence-corrected chi connectivity index (χ4v) is 5.50. The second-order valence-electron chi connectivity index (χ2n) is 9.43. The van der Waals surface area contributed by atoms with E-state index in [1.165, 1.54) is 55.6 Å². The van der Waals surface area contributed by atoms with E-state index < -0.39 is 0 Å².